The van der Waals surface area contributed by atoms with E-state index in [-0.39, 0.29) is 15.4 Å². The lowest BCUT2D eigenvalue weighted by Crippen LogP contribution is -2.30. The van der Waals surface area contributed by atoms with Crippen molar-refractivity contribution in [3.63, 3.8) is 0 Å². The molecule has 0 saturated carbocycles. The minimum absolute atomic E-state index is 0.106. The van der Waals surface area contributed by atoms with Crippen LogP contribution in [-0.4, -0.2) is 24.5 Å². The van der Waals surface area contributed by atoms with E-state index in [1.54, 1.807) is 18.2 Å². The van der Waals surface area contributed by atoms with Crippen molar-refractivity contribution in [1.82, 2.24) is 14.9 Å². The van der Waals surface area contributed by atoms with E-state index < -0.39 is 16.1 Å². The molecule has 0 saturated heterocycles. The molecule has 4 rings (SSSR count). The molecule has 1 aromatic heterocycles. The third kappa shape index (κ3) is 5.39. The van der Waals surface area contributed by atoms with Crippen LogP contribution in [0.15, 0.2) is 77.1 Å². The molecule has 9 heteroatoms. The van der Waals surface area contributed by atoms with E-state index >= 15 is 0 Å². The summed E-state index contributed by atoms with van der Waals surface area (Å²) in [5.74, 6) is -0.380. The molecule has 34 heavy (non-hydrogen) atoms. The van der Waals surface area contributed by atoms with E-state index in [9.17, 15) is 13.2 Å². The fraction of sp³-hybridized carbons (Fsp3) is 0.160. The van der Waals surface area contributed by atoms with Crippen molar-refractivity contribution in [2.24, 2.45) is 0 Å². The van der Waals surface area contributed by atoms with Crippen LogP contribution in [0.25, 0.3) is 0 Å². The van der Waals surface area contributed by atoms with E-state index in [4.69, 9.17) is 0 Å². The largest absolute Gasteiger partial charge is 0.296 e. The highest BCUT2D eigenvalue weighted by atomic mass is 32.2. The van der Waals surface area contributed by atoms with Crippen molar-refractivity contribution in [1.29, 1.82) is 0 Å². The van der Waals surface area contributed by atoms with Crippen LogP contribution in [0.2, 0.25) is 0 Å². The first kappa shape index (κ1) is 23.7. The lowest BCUT2D eigenvalue weighted by molar-refractivity contribution is 0.102. The number of hydrogen-bond donors (Lipinski definition) is 2. The van der Waals surface area contributed by atoms with Gasteiger partial charge in [0.05, 0.1) is 6.04 Å². The van der Waals surface area contributed by atoms with Gasteiger partial charge in [-0.1, -0.05) is 83.1 Å². The topological polar surface area (TPSA) is 101 Å². The smallest absolute Gasteiger partial charge is 0.270 e. The number of carbonyl (C=O) groups excluding carboxylic acids is 1. The maximum Gasteiger partial charge on any atom is 0.270 e. The second-order valence-corrected chi connectivity index (χ2v) is 10.9. The van der Waals surface area contributed by atoms with Crippen LogP contribution >= 0.6 is 11.3 Å². The van der Waals surface area contributed by atoms with Gasteiger partial charge in [0.25, 0.3) is 15.9 Å². The first-order valence-corrected chi connectivity index (χ1v) is 12.9. The Morgan fingerprint density at radius 3 is 2.32 bits per heavy atom. The number of aryl methyl sites for hydroxylation is 3. The number of benzene rings is 3. The number of carbonyl (C=O) groups is 1. The molecule has 3 aromatic carbocycles. The zero-order valence-electron chi connectivity index (χ0n) is 18.9. The average molecular weight is 493 g/mol. The van der Waals surface area contributed by atoms with Crippen LogP contribution in [0.5, 0.6) is 0 Å². The van der Waals surface area contributed by atoms with Crippen molar-refractivity contribution in [2.75, 3.05) is 5.32 Å². The van der Waals surface area contributed by atoms with Crippen LogP contribution in [0, 0.1) is 20.8 Å². The standard InChI is InChI=1S/C25H24N4O3S2/c1-16-8-7-11-20(15-16)23(30)26-24-27-28-25(33-24)34(31,32)29-22(19-9-5-4-6-10-19)21-13-12-17(2)14-18(21)3/h4-15,22,29H,1-3H3,(H,26,27,30)/t22-/m0/s1. The van der Waals surface area contributed by atoms with Crippen molar-refractivity contribution < 1.29 is 13.2 Å². The van der Waals surface area contributed by atoms with E-state index in [0.717, 1.165) is 39.2 Å². The lowest BCUT2D eigenvalue weighted by Gasteiger charge is -2.21. The first-order valence-electron chi connectivity index (χ1n) is 10.6. The van der Waals surface area contributed by atoms with Gasteiger partial charge >= 0.3 is 0 Å². The number of nitrogens with zero attached hydrogens (tertiary/aromatic N) is 2. The van der Waals surface area contributed by atoms with E-state index in [1.807, 2.05) is 75.4 Å². The molecule has 1 amide bonds. The molecule has 0 aliphatic carbocycles. The molecule has 0 fully saturated rings. The summed E-state index contributed by atoms with van der Waals surface area (Å²) in [5.41, 5.74) is 5.11. The first-order chi connectivity index (χ1) is 16.2. The molecule has 174 valence electrons. The minimum atomic E-state index is -4.03. The zero-order valence-corrected chi connectivity index (χ0v) is 20.6. The summed E-state index contributed by atoms with van der Waals surface area (Å²) in [5, 5.41) is 10.4. The van der Waals surface area contributed by atoms with Gasteiger partial charge in [-0.3, -0.25) is 10.1 Å². The predicted molar refractivity (Wildman–Crippen MR) is 134 cm³/mol. The fourth-order valence-electron chi connectivity index (χ4n) is 3.64. The summed E-state index contributed by atoms with van der Waals surface area (Å²) >= 11 is 0.801. The number of sulfonamides is 1. The van der Waals surface area contributed by atoms with Crippen LogP contribution in [-0.2, 0) is 10.0 Å². The molecular formula is C25H24N4O3S2. The number of amides is 1. The van der Waals surface area contributed by atoms with E-state index in [1.165, 1.54) is 0 Å². The summed E-state index contributed by atoms with van der Waals surface area (Å²) < 4.78 is 29.1. The summed E-state index contributed by atoms with van der Waals surface area (Å²) in [7, 11) is -4.03. The molecule has 1 heterocycles. The fourth-order valence-corrected chi connectivity index (χ4v) is 5.75. The van der Waals surface area contributed by atoms with Gasteiger partial charge in [-0.15, -0.1) is 10.2 Å². The van der Waals surface area contributed by atoms with Gasteiger partial charge in [0, 0.05) is 5.56 Å². The Morgan fingerprint density at radius 1 is 0.882 bits per heavy atom. The van der Waals surface area contributed by atoms with Crippen LogP contribution < -0.4 is 10.0 Å². The summed E-state index contributed by atoms with van der Waals surface area (Å²) in [6.45, 7) is 5.83. The van der Waals surface area contributed by atoms with Crippen molar-refractivity contribution >= 4 is 32.4 Å². The van der Waals surface area contributed by atoms with Gasteiger partial charge in [-0.05, 0) is 49.6 Å². The van der Waals surface area contributed by atoms with Crippen LogP contribution in [0.3, 0.4) is 0 Å². The molecule has 0 unspecified atom stereocenters. The third-order valence-electron chi connectivity index (χ3n) is 5.28. The van der Waals surface area contributed by atoms with Crippen molar-refractivity contribution in [3.05, 3.63) is 106 Å². The van der Waals surface area contributed by atoms with Gasteiger partial charge in [-0.2, -0.15) is 4.72 Å². The Bertz CT molecular complexity index is 1430. The highest BCUT2D eigenvalue weighted by molar-refractivity contribution is 7.91. The minimum Gasteiger partial charge on any atom is -0.296 e. The molecule has 0 aliphatic heterocycles. The monoisotopic (exact) mass is 492 g/mol. The number of hydrogen-bond acceptors (Lipinski definition) is 6. The Labute approximate surface area is 202 Å². The molecule has 0 radical (unpaired) electrons. The SMILES string of the molecule is Cc1cccc(C(=O)Nc2nnc(S(=O)(=O)N[C@@H](c3ccccc3)c3ccc(C)cc3C)s2)c1. The Morgan fingerprint density at radius 2 is 1.62 bits per heavy atom. The number of nitrogens with one attached hydrogen (secondary N) is 2. The van der Waals surface area contributed by atoms with Gasteiger partial charge in [0.2, 0.25) is 9.47 Å². The molecule has 0 aliphatic rings. The second-order valence-electron chi connectivity index (χ2n) is 8.02. The van der Waals surface area contributed by atoms with Crippen LogP contribution in [0.1, 0.15) is 44.2 Å². The van der Waals surface area contributed by atoms with Crippen molar-refractivity contribution in [2.45, 2.75) is 31.2 Å². The molecule has 0 bridgehead atoms. The van der Waals surface area contributed by atoms with Gasteiger partial charge in [0.15, 0.2) is 0 Å². The molecule has 1 atom stereocenters. The summed E-state index contributed by atoms with van der Waals surface area (Å²) in [6, 6.07) is 21.7. The lowest BCUT2D eigenvalue weighted by atomic mass is 9.95. The Balaban J connectivity index is 1.60. The Hall–Kier alpha value is -3.40. The van der Waals surface area contributed by atoms with Gasteiger partial charge in [-0.25, -0.2) is 8.42 Å². The van der Waals surface area contributed by atoms with Crippen LogP contribution in [0.4, 0.5) is 5.13 Å². The van der Waals surface area contributed by atoms with E-state index in [0.29, 0.717) is 5.56 Å². The maximum absolute atomic E-state index is 13.3. The predicted octanol–water partition coefficient (Wildman–Crippen LogP) is 4.78. The van der Waals surface area contributed by atoms with E-state index in [2.05, 4.69) is 20.2 Å². The molecular weight excluding hydrogens is 468 g/mol. The molecule has 0 spiro atoms. The third-order valence-corrected chi connectivity index (χ3v) is 7.91. The van der Waals surface area contributed by atoms with Gasteiger partial charge in [0.1, 0.15) is 0 Å². The highest BCUT2D eigenvalue weighted by Crippen LogP contribution is 2.29. The normalized spacial score (nSPS) is 12.3. The molecule has 2 N–H and O–H groups in total. The average Bonchev–Trinajstić information content (AvgIpc) is 3.28. The second kappa shape index (κ2) is 9.84. The summed E-state index contributed by atoms with van der Waals surface area (Å²) in [4.78, 5) is 12.5. The number of rotatable bonds is 7. The summed E-state index contributed by atoms with van der Waals surface area (Å²) in [6.07, 6.45) is 0. The Kier molecular flexibility index (Phi) is 6.87. The van der Waals surface area contributed by atoms with Gasteiger partial charge < -0.3 is 0 Å². The number of aromatic nitrogens is 2. The molecule has 7 nitrogen and oxygen atoms in total. The molecule has 4 aromatic rings. The zero-order chi connectivity index (χ0) is 24.3. The number of anilines is 1. The maximum atomic E-state index is 13.3. The van der Waals surface area contributed by atoms with Crippen molar-refractivity contribution in [3.8, 4) is 0 Å². The quantitative estimate of drug-likeness (QED) is 0.362. The highest BCUT2D eigenvalue weighted by Gasteiger charge is 2.27.